The van der Waals surface area contributed by atoms with E-state index in [1.807, 2.05) is 0 Å². The van der Waals surface area contributed by atoms with Gasteiger partial charge in [0.2, 0.25) is 9.84 Å². The molecule has 0 saturated carbocycles. The lowest BCUT2D eigenvalue weighted by Gasteiger charge is -2.24. The first-order valence-electron chi connectivity index (χ1n) is 4.86. The molecule has 88 valence electrons. The van der Waals surface area contributed by atoms with Crippen molar-refractivity contribution < 1.29 is 18.3 Å². The van der Waals surface area contributed by atoms with E-state index in [2.05, 4.69) is 0 Å². The minimum atomic E-state index is -3.27. The van der Waals surface area contributed by atoms with Crippen molar-refractivity contribution in [1.29, 1.82) is 0 Å². The van der Waals surface area contributed by atoms with E-state index in [0.29, 0.717) is 10.6 Å². The van der Waals surface area contributed by atoms with Crippen LogP contribution >= 0.6 is 0 Å². The maximum Gasteiger partial charge on any atom is 0.210 e. The Morgan fingerprint density at radius 3 is 2.69 bits per heavy atom. The summed E-state index contributed by atoms with van der Waals surface area (Å²) < 4.78 is 28.6. The summed E-state index contributed by atoms with van der Waals surface area (Å²) in [7, 11) is -3.27. The van der Waals surface area contributed by atoms with E-state index in [1.54, 1.807) is 13.0 Å². The summed E-state index contributed by atoms with van der Waals surface area (Å²) in [6.07, 6.45) is 0. The minimum absolute atomic E-state index is 0.0950. The van der Waals surface area contributed by atoms with Crippen LogP contribution in [-0.2, 0) is 9.84 Å². The molecule has 2 heterocycles. The molecule has 1 unspecified atom stereocenters. The maximum atomic E-state index is 11.6. The fourth-order valence-corrected chi connectivity index (χ4v) is 3.42. The molecule has 3 N–H and O–H groups in total. The molecule has 6 heteroatoms. The third-order valence-electron chi connectivity index (χ3n) is 2.57. The van der Waals surface area contributed by atoms with Gasteiger partial charge in [0.15, 0.2) is 0 Å². The van der Waals surface area contributed by atoms with Crippen LogP contribution in [0.25, 0.3) is 0 Å². The quantitative estimate of drug-likeness (QED) is 0.778. The lowest BCUT2D eigenvalue weighted by molar-refractivity contribution is 0.203. The van der Waals surface area contributed by atoms with E-state index in [-0.39, 0.29) is 18.1 Å². The molecule has 1 atom stereocenters. The van der Waals surface area contributed by atoms with Gasteiger partial charge in [-0.2, -0.15) is 0 Å². The largest absolute Gasteiger partial charge is 0.490 e. The van der Waals surface area contributed by atoms with Crippen LogP contribution in [0.3, 0.4) is 0 Å². The standard InChI is InChI=1S/C10H13NO4S/c1-6-9-3-2-8(10(6)16(9,13)14)15-5-7(11)4-12/h2-3,7,12H,4-5,11H2,1H3. The maximum absolute atomic E-state index is 11.6. The Hall–Kier alpha value is -1.11. The van der Waals surface area contributed by atoms with Crippen LogP contribution in [0, 0.1) is 6.92 Å². The van der Waals surface area contributed by atoms with Gasteiger partial charge in [-0.15, -0.1) is 0 Å². The number of hydrogen-bond donors (Lipinski definition) is 2. The summed E-state index contributed by atoms with van der Waals surface area (Å²) in [4.78, 5) is 0.608. The molecule has 1 aromatic carbocycles. The predicted octanol–water partition coefficient (Wildman–Crippen LogP) is -0.160. The highest BCUT2D eigenvalue weighted by atomic mass is 32.2. The molecule has 16 heavy (non-hydrogen) atoms. The van der Waals surface area contributed by atoms with E-state index in [0.717, 1.165) is 5.56 Å². The number of aliphatic hydroxyl groups excluding tert-OH is 1. The minimum Gasteiger partial charge on any atom is -0.490 e. The highest BCUT2D eigenvalue weighted by Crippen LogP contribution is 2.44. The van der Waals surface area contributed by atoms with E-state index >= 15 is 0 Å². The van der Waals surface area contributed by atoms with Gasteiger partial charge in [-0.25, -0.2) is 8.42 Å². The molecule has 0 saturated heterocycles. The number of nitrogens with two attached hydrogens (primary N) is 1. The Labute approximate surface area is 93.8 Å². The van der Waals surface area contributed by atoms with Gasteiger partial charge >= 0.3 is 0 Å². The fourth-order valence-electron chi connectivity index (χ4n) is 1.70. The second-order valence-corrected chi connectivity index (χ2v) is 5.63. The molecular weight excluding hydrogens is 230 g/mol. The van der Waals surface area contributed by atoms with Crippen LogP contribution in [0.1, 0.15) is 5.56 Å². The van der Waals surface area contributed by atoms with Crippen molar-refractivity contribution in [2.24, 2.45) is 5.73 Å². The Balaban J connectivity index is 2.24. The molecule has 2 aliphatic rings. The number of hydrogen-bond acceptors (Lipinski definition) is 5. The van der Waals surface area contributed by atoms with Gasteiger partial charge in [0.25, 0.3) is 0 Å². The van der Waals surface area contributed by atoms with E-state index in [1.165, 1.54) is 6.07 Å². The zero-order chi connectivity index (χ0) is 11.9. The lowest BCUT2D eigenvalue weighted by Crippen LogP contribution is -2.32. The number of benzene rings is 1. The molecule has 1 aromatic rings. The van der Waals surface area contributed by atoms with Crippen molar-refractivity contribution in [1.82, 2.24) is 0 Å². The second kappa shape index (κ2) is 3.73. The molecule has 0 spiro atoms. The zero-order valence-corrected chi connectivity index (χ0v) is 9.62. The predicted molar refractivity (Wildman–Crippen MR) is 57.2 cm³/mol. The molecule has 5 nitrogen and oxygen atoms in total. The fraction of sp³-hybridized carbons (Fsp3) is 0.400. The van der Waals surface area contributed by atoms with Gasteiger partial charge in [0.05, 0.1) is 17.5 Å². The number of aliphatic hydroxyl groups is 1. The smallest absolute Gasteiger partial charge is 0.210 e. The number of fused-ring (bicyclic) bond motifs is 2. The van der Waals surface area contributed by atoms with Crippen LogP contribution in [0.2, 0.25) is 0 Å². The third-order valence-corrected chi connectivity index (χ3v) is 4.63. The van der Waals surface area contributed by atoms with Crippen molar-refractivity contribution >= 4 is 9.84 Å². The van der Waals surface area contributed by atoms with Crippen molar-refractivity contribution in [3.05, 3.63) is 17.7 Å². The first kappa shape index (κ1) is 11.4. The first-order valence-corrected chi connectivity index (χ1v) is 6.34. The number of ether oxygens (including phenoxy) is 1. The number of sulfone groups is 1. The average molecular weight is 243 g/mol. The second-order valence-electron chi connectivity index (χ2n) is 3.77. The monoisotopic (exact) mass is 243 g/mol. The first-order chi connectivity index (χ1) is 7.48. The Morgan fingerprint density at radius 2 is 2.19 bits per heavy atom. The highest BCUT2D eigenvalue weighted by molar-refractivity contribution is 7.93. The molecule has 0 aromatic heterocycles. The summed E-state index contributed by atoms with van der Waals surface area (Å²) in [6.45, 7) is 1.64. The summed E-state index contributed by atoms with van der Waals surface area (Å²) in [5.74, 6) is 0.316. The number of aryl methyl sites for hydroxylation is 1. The van der Waals surface area contributed by atoms with Crippen LogP contribution in [0.4, 0.5) is 0 Å². The van der Waals surface area contributed by atoms with E-state index < -0.39 is 15.9 Å². The van der Waals surface area contributed by atoms with Gasteiger partial charge in [0, 0.05) is 0 Å². The Morgan fingerprint density at radius 1 is 1.50 bits per heavy atom. The van der Waals surface area contributed by atoms with Crippen LogP contribution < -0.4 is 10.5 Å². The van der Waals surface area contributed by atoms with Gasteiger partial charge in [-0.1, -0.05) is 0 Å². The average Bonchev–Trinajstić information content (AvgIpc) is 2.25. The molecular formula is C10H13NO4S. The number of rotatable bonds is 4. The molecule has 2 bridgehead atoms. The van der Waals surface area contributed by atoms with Crippen LogP contribution in [0.15, 0.2) is 21.9 Å². The van der Waals surface area contributed by atoms with Crippen molar-refractivity contribution in [3.63, 3.8) is 0 Å². The molecule has 0 aliphatic carbocycles. The summed E-state index contributed by atoms with van der Waals surface area (Å²) >= 11 is 0. The van der Waals surface area contributed by atoms with E-state index in [4.69, 9.17) is 15.6 Å². The molecule has 0 fully saturated rings. The van der Waals surface area contributed by atoms with Gasteiger partial charge < -0.3 is 15.6 Å². The van der Waals surface area contributed by atoms with Crippen molar-refractivity contribution in [2.75, 3.05) is 13.2 Å². The molecule has 3 rings (SSSR count). The van der Waals surface area contributed by atoms with Gasteiger partial charge in [0.1, 0.15) is 17.3 Å². The Bertz CT molecular complexity index is 524. The highest BCUT2D eigenvalue weighted by Gasteiger charge is 2.37. The topological polar surface area (TPSA) is 89.6 Å². The summed E-state index contributed by atoms with van der Waals surface area (Å²) in [6, 6.07) is 2.63. The van der Waals surface area contributed by atoms with E-state index in [9.17, 15) is 8.42 Å². The summed E-state index contributed by atoms with van der Waals surface area (Å²) in [5, 5.41) is 8.73. The normalized spacial score (nSPS) is 17.7. The molecule has 0 radical (unpaired) electrons. The summed E-state index contributed by atoms with van der Waals surface area (Å²) in [5.41, 5.74) is 6.20. The Kier molecular flexibility index (Phi) is 2.65. The van der Waals surface area contributed by atoms with Gasteiger partial charge in [-0.05, 0) is 24.6 Å². The molecule has 2 aliphatic heterocycles. The van der Waals surface area contributed by atoms with Gasteiger partial charge in [-0.3, -0.25) is 0 Å². The zero-order valence-electron chi connectivity index (χ0n) is 8.80. The third kappa shape index (κ3) is 1.50. The van der Waals surface area contributed by atoms with Crippen molar-refractivity contribution in [2.45, 2.75) is 22.8 Å². The lowest BCUT2D eigenvalue weighted by atomic mass is 10.2. The van der Waals surface area contributed by atoms with Crippen LogP contribution in [0.5, 0.6) is 5.75 Å². The van der Waals surface area contributed by atoms with Crippen LogP contribution in [-0.4, -0.2) is 32.8 Å². The van der Waals surface area contributed by atoms with Crippen molar-refractivity contribution in [3.8, 4) is 5.75 Å². The SMILES string of the molecule is Cc1c2ccc(OCC(N)CO)c1S2(=O)=O. The molecule has 0 amide bonds.